The van der Waals surface area contributed by atoms with Gasteiger partial charge in [-0.3, -0.25) is 0 Å². The molecule has 0 aliphatic carbocycles. The van der Waals surface area contributed by atoms with Crippen molar-refractivity contribution in [1.29, 1.82) is 0 Å². The Morgan fingerprint density at radius 1 is 1.14 bits per heavy atom. The normalized spacial score (nSPS) is 31.8. The fraction of sp³-hybridized carbons (Fsp3) is 0.500. The number of aromatic hydroxyl groups is 1. The van der Waals surface area contributed by atoms with Gasteiger partial charge in [-0.2, -0.15) is 0 Å². The van der Waals surface area contributed by atoms with Crippen LogP contribution < -0.4 is 10.5 Å². The number of rotatable bonds is 3. The van der Waals surface area contributed by atoms with Crippen LogP contribution in [0, 0.1) is 11.8 Å². The van der Waals surface area contributed by atoms with Crippen LogP contribution in [0.15, 0.2) is 53.6 Å². The molecule has 0 aromatic heterocycles. The van der Waals surface area contributed by atoms with E-state index in [-0.39, 0.29) is 23.3 Å². The molecule has 9 heteroatoms. The lowest BCUT2D eigenvalue weighted by Gasteiger charge is -2.29. The summed E-state index contributed by atoms with van der Waals surface area (Å²) in [5.74, 6) is -0.651. The Hall–Kier alpha value is -3.14. The maximum Gasteiger partial charge on any atom is 0.405 e. The molecular formula is C28H39NO8. The van der Waals surface area contributed by atoms with Gasteiger partial charge in [-0.05, 0) is 55.9 Å². The van der Waals surface area contributed by atoms with Gasteiger partial charge in [0.05, 0.1) is 12.2 Å². The largest absolute Gasteiger partial charge is 0.508 e. The standard InChI is InChI=1S/C28H39NO8/c1-16-10-20-13-21(30)15-22(14-20)36-27(32)17(2)8-7-9-23(34-5)26(37-28(29)33)19(4)12-18(3)25(31)24(11-16)35-6/h7-9,12-16,18,23-26,30-31H,10-11H2,1-6H3,(H2,29,33)/b9-7-,17-8+,19-12-. The van der Waals surface area contributed by atoms with Gasteiger partial charge < -0.3 is 34.9 Å². The number of esters is 1. The number of methoxy groups -OCH3 is 2. The highest BCUT2D eigenvalue weighted by Crippen LogP contribution is 2.28. The van der Waals surface area contributed by atoms with Gasteiger partial charge in [0.25, 0.3) is 0 Å². The zero-order valence-corrected chi connectivity index (χ0v) is 22.3. The molecule has 0 saturated carbocycles. The molecule has 204 valence electrons. The van der Waals surface area contributed by atoms with Gasteiger partial charge in [0.1, 0.15) is 17.6 Å². The molecular weight excluding hydrogens is 478 g/mol. The maximum absolute atomic E-state index is 12.6. The number of aliphatic hydroxyl groups is 1. The highest BCUT2D eigenvalue weighted by Gasteiger charge is 2.29. The monoisotopic (exact) mass is 517 g/mol. The van der Waals surface area contributed by atoms with Gasteiger partial charge in [0.15, 0.2) is 6.10 Å². The third-order valence-electron chi connectivity index (χ3n) is 6.36. The SMILES string of the molecule is COC1/C=C\C=C(/C)C(=O)Oc2cc(O)cc(c2)CC(C)CC(OC)C(O)C(C)/C=C(/C)C1OC(N)=O. The number of aliphatic hydroxyl groups excluding tert-OH is 1. The fourth-order valence-electron chi connectivity index (χ4n) is 4.44. The van der Waals surface area contributed by atoms with Gasteiger partial charge in [-0.15, -0.1) is 0 Å². The molecule has 1 heterocycles. The van der Waals surface area contributed by atoms with Crippen molar-refractivity contribution in [3.8, 4) is 11.5 Å². The molecule has 2 bridgehead atoms. The summed E-state index contributed by atoms with van der Waals surface area (Å²) in [4.78, 5) is 24.3. The fourth-order valence-corrected chi connectivity index (χ4v) is 4.44. The summed E-state index contributed by atoms with van der Waals surface area (Å²) in [6.07, 6.45) is 3.80. The van der Waals surface area contributed by atoms with E-state index < -0.39 is 36.5 Å². The average Bonchev–Trinajstić information content (AvgIpc) is 2.82. The van der Waals surface area contributed by atoms with E-state index in [1.165, 1.54) is 13.2 Å². The second kappa shape index (κ2) is 14.0. The number of nitrogens with two attached hydrogens (primary N) is 1. The molecule has 1 aliphatic rings. The first-order valence-electron chi connectivity index (χ1n) is 12.2. The number of hydrogen-bond donors (Lipinski definition) is 3. The molecule has 0 spiro atoms. The van der Waals surface area contributed by atoms with E-state index in [0.717, 1.165) is 5.56 Å². The highest BCUT2D eigenvalue weighted by molar-refractivity contribution is 5.89. The van der Waals surface area contributed by atoms with E-state index in [0.29, 0.717) is 24.0 Å². The first kappa shape index (κ1) is 30.1. The zero-order valence-electron chi connectivity index (χ0n) is 22.3. The quantitative estimate of drug-likeness (QED) is 0.313. The first-order chi connectivity index (χ1) is 17.4. The van der Waals surface area contributed by atoms with Crippen molar-refractivity contribution >= 4 is 12.1 Å². The minimum absolute atomic E-state index is 0.0130. The third kappa shape index (κ3) is 9.03. The van der Waals surface area contributed by atoms with Crippen LogP contribution in [0.25, 0.3) is 0 Å². The van der Waals surface area contributed by atoms with E-state index >= 15 is 0 Å². The van der Waals surface area contributed by atoms with E-state index in [1.54, 1.807) is 51.3 Å². The lowest BCUT2D eigenvalue weighted by Crippen LogP contribution is -2.37. The summed E-state index contributed by atoms with van der Waals surface area (Å²) >= 11 is 0. The second-order valence-electron chi connectivity index (χ2n) is 9.60. The minimum Gasteiger partial charge on any atom is -0.508 e. The summed E-state index contributed by atoms with van der Waals surface area (Å²) in [6.45, 7) is 7.23. The average molecular weight is 518 g/mol. The lowest BCUT2D eigenvalue weighted by molar-refractivity contribution is -0.130. The van der Waals surface area contributed by atoms with Crippen molar-refractivity contribution < 1.29 is 38.7 Å². The number of ether oxygens (including phenoxy) is 4. The molecule has 6 atom stereocenters. The summed E-state index contributed by atoms with van der Waals surface area (Å²) in [6, 6.07) is 4.71. The number of benzene rings is 1. The summed E-state index contributed by atoms with van der Waals surface area (Å²) in [5, 5.41) is 21.3. The topological polar surface area (TPSA) is 138 Å². The van der Waals surface area contributed by atoms with Crippen LogP contribution in [0.2, 0.25) is 0 Å². The van der Waals surface area contributed by atoms with Crippen molar-refractivity contribution in [2.24, 2.45) is 17.6 Å². The predicted octanol–water partition coefficient (Wildman–Crippen LogP) is 3.82. The number of carbonyl (C=O) groups excluding carboxylic acids is 2. The van der Waals surface area contributed by atoms with Crippen LogP contribution in [0.5, 0.6) is 11.5 Å². The van der Waals surface area contributed by atoms with E-state index in [2.05, 4.69) is 0 Å². The van der Waals surface area contributed by atoms with Gasteiger partial charge in [-0.1, -0.05) is 38.2 Å². The molecule has 9 nitrogen and oxygen atoms in total. The Morgan fingerprint density at radius 3 is 2.46 bits per heavy atom. The number of carbonyl (C=O) groups is 2. The lowest BCUT2D eigenvalue weighted by atomic mass is 9.88. The van der Waals surface area contributed by atoms with Crippen molar-refractivity contribution in [2.45, 2.75) is 65.0 Å². The Morgan fingerprint density at radius 2 is 1.84 bits per heavy atom. The molecule has 4 N–H and O–H groups in total. The number of phenols is 1. The predicted molar refractivity (Wildman–Crippen MR) is 139 cm³/mol. The molecule has 0 saturated heterocycles. The van der Waals surface area contributed by atoms with E-state index in [4.69, 9.17) is 24.7 Å². The van der Waals surface area contributed by atoms with Crippen LogP contribution >= 0.6 is 0 Å². The molecule has 1 aromatic rings. The van der Waals surface area contributed by atoms with Crippen molar-refractivity contribution in [3.63, 3.8) is 0 Å². The number of hydrogen-bond acceptors (Lipinski definition) is 8. The summed E-state index contributed by atoms with van der Waals surface area (Å²) < 4.78 is 22.0. The molecule has 0 fully saturated rings. The number of allylic oxidation sites excluding steroid dienone is 2. The number of amides is 1. The number of phenolic OH excluding ortho intramolecular Hbond substituents is 1. The number of fused-ring (bicyclic) bond motifs is 2. The Balaban J connectivity index is 2.53. The smallest absolute Gasteiger partial charge is 0.405 e. The third-order valence-corrected chi connectivity index (χ3v) is 6.36. The molecule has 37 heavy (non-hydrogen) atoms. The Labute approximate surface area is 218 Å². The van der Waals surface area contributed by atoms with Gasteiger partial charge in [0.2, 0.25) is 0 Å². The van der Waals surface area contributed by atoms with Crippen molar-refractivity contribution in [1.82, 2.24) is 0 Å². The molecule has 1 aromatic carbocycles. The van der Waals surface area contributed by atoms with E-state index in [1.807, 2.05) is 19.9 Å². The first-order valence-corrected chi connectivity index (χ1v) is 12.2. The zero-order chi connectivity index (χ0) is 27.7. The van der Waals surface area contributed by atoms with Crippen LogP contribution in [0.1, 0.15) is 39.7 Å². The minimum atomic E-state index is -0.969. The summed E-state index contributed by atoms with van der Waals surface area (Å²) in [5.41, 5.74) is 7.05. The molecule has 1 amide bonds. The van der Waals surface area contributed by atoms with Crippen LogP contribution in [0.3, 0.4) is 0 Å². The maximum atomic E-state index is 12.6. The van der Waals surface area contributed by atoms with Crippen LogP contribution in [0.4, 0.5) is 4.79 Å². The van der Waals surface area contributed by atoms with Gasteiger partial charge in [-0.25, -0.2) is 9.59 Å². The molecule has 2 rings (SSSR count). The number of primary amides is 1. The van der Waals surface area contributed by atoms with E-state index in [9.17, 15) is 19.8 Å². The van der Waals surface area contributed by atoms with Crippen molar-refractivity contribution in [2.75, 3.05) is 14.2 Å². The second-order valence-corrected chi connectivity index (χ2v) is 9.60. The highest BCUT2D eigenvalue weighted by atomic mass is 16.6. The van der Waals surface area contributed by atoms with Gasteiger partial charge >= 0.3 is 12.1 Å². The molecule has 1 aliphatic heterocycles. The Kier molecular flexibility index (Phi) is 11.4. The van der Waals surface area contributed by atoms with Crippen molar-refractivity contribution in [3.05, 3.63) is 59.2 Å². The Bertz CT molecular complexity index is 1030. The van der Waals surface area contributed by atoms with Gasteiger partial charge in [0, 0.05) is 31.8 Å². The molecule has 0 radical (unpaired) electrons. The summed E-state index contributed by atoms with van der Waals surface area (Å²) in [7, 11) is 3.01. The van der Waals surface area contributed by atoms with Crippen LogP contribution in [-0.4, -0.2) is 60.9 Å². The van der Waals surface area contributed by atoms with Crippen LogP contribution in [-0.2, 0) is 25.4 Å². The molecule has 6 unspecified atom stereocenters.